The molecule has 1 spiro atoms. The third kappa shape index (κ3) is 4.97. The molecule has 1 aromatic rings. The minimum Gasteiger partial charge on any atom is -0.354 e. The quantitative estimate of drug-likeness (QED) is 0.650. The number of rotatable bonds is 7. The van der Waals surface area contributed by atoms with E-state index in [-0.39, 0.29) is 24.3 Å². The van der Waals surface area contributed by atoms with Gasteiger partial charge in [0.05, 0.1) is 6.67 Å². The summed E-state index contributed by atoms with van der Waals surface area (Å²) in [4.78, 5) is 43.9. The van der Waals surface area contributed by atoms with E-state index in [4.69, 9.17) is 11.6 Å². The summed E-state index contributed by atoms with van der Waals surface area (Å²) in [5.74, 6) is 0.120. The lowest BCUT2D eigenvalue weighted by Crippen LogP contribution is -2.58. The Morgan fingerprint density at radius 2 is 1.81 bits per heavy atom. The lowest BCUT2D eigenvalue weighted by molar-refractivity contribution is -0.139. The number of nitrogens with zero attached hydrogens (tertiary/aromatic N) is 3. The minimum absolute atomic E-state index is 0.0407. The van der Waals surface area contributed by atoms with Crippen molar-refractivity contribution < 1.29 is 14.4 Å². The molecule has 2 fully saturated rings. The Morgan fingerprint density at radius 3 is 2.39 bits per heavy atom. The van der Waals surface area contributed by atoms with E-state index < -0.39 is 10.9 Å². The molecule has 2 saturated heterocycles. The molecule has 1 aromatic carbocycles. The fourth-order valence-corrected chi connectivity index (χ4v) is 4.47. The van der Waals surface area contributed by atoms with Crippen LogP contribution in [-0.4, -0.2) is 71.3 Å². The van der Waals surface area contributed by atoms with Gasteiger partial charge in [0.25, 0.3) is 5.91 Å². The maximum atomic E-state index is 13.6. The average molecular weight is 449 g/mol. The Balaban J connectivity index is 1.77. The number of benzene rings is 1. The van der Waals surface area contributed by atoms with E-state index in [1.54, 1.807) is 16.7 Å². The van der Waals surface area contributed by atoms with Crippen molar-refractivity contribution in [3.05, 3.63) is 30.3 Å². The van der Waals surface area contributed by atoms with Crippen LogP contribution in [0, 0.1) is 5.92 Å². The number of likely N-dealkylation sites (tertiary alicyclic amines) is 1. The molecule has 31 heavy (non-hydrogen) atoms. The van der Waals surface area contributed by atoms with E-state index >= 15 is 0 Å². The Labute approximate surface area is 189 Å². The van der Waals surface area contributed by atoms with Crippen LogP contribution in [-0.2, 0) is 14.4 Å². The van der Waals surface area contributed by atoms with E-state index in [2.05, 4.69) is 24.1 Å². The topological polar surface area (TPSA) is 73.0 Å². The van der Waals surface area contributed by atoms with E-state index in [9.17, 15) is 14.4 Å². The van der Waals surface area contributed by atoms with Gasteiger partial charge >= 0.3 is 0 Å². The first-order chi connectivity index (χ1) is 14.8. The van der Waals surface area contributed by atoms with Crippen LogP contribution in [0.1, 0.15) is 40.0 Å². The zero-order valence-electron chi connectivity index (χ0n) is 18.6. The van der Waals surface area contributed by atoms with Crippen molar-refractivity contribution in [2.45, 2.75) is 50.9 Å². The lowest BCUT2D eigenvalue weighted by Gasteiger charge is -2.43. The number of piperidine rings is 1. The molecule has 2 atom stereocenters. The van der Waals surface area contributed by atoms with Crippen molar-refractivity contribution in [2.24, 2.45) is 5.92 Å². The molecular formula is C23H33ClN4O3. The van der Waals surface area contributed by atoms with Gasteiger partial charge in [-0.05, 0) is 37.8 Å². The van der Waals surface area contributed by atoms with Gasteiger partial charge in [0.15, 0.2) is 0 Å². The van der Waals surface area contributed by atoms with E-state index in [0.29, 0.717) is 45.1 Å². The first-order valence-electron chi connectivity index (χ1n) is 11.1. The highest BCUT2D eigenvalue weighted by atomic mass is 35.5. The van der Waals surface area contributed by atoms with Crippen molar-refractivity contribution in [3.63, 3.8) is 0 Å². The zero-order valence-corrected chi connectivity index (χ0v) is 19.4. The first kappa shape index (κ1) is 23.4. The number of carbonyl (C=O) groups is 3. The van der Waals surface area contributed by atoms with Gasteiger partial charge in [-0.1, -0.05) is 38.5 Å². The average Bonchev–Trinajstić information content (AvgIpc) is 3.04. The van der Waals surface area contributed by atoms with Gasteiger partial charge in [-0.15, -0.1) is 11.6 Å². The van der Waals surface area contributed by atoms with Gasteiger partial charge < -0.3 is 20.0 Å². The molecule has 170 valence electrons. The summed E-state index contributed by atoms with van der Waals surface area (Å²) in [5.41, 5.74) is 0.203. The van der Waals surface area contributed by atoms with Gasteiger partial charge in [-0.25, -0.2) is 0 Å². The summed E-state index contributed by atoms with van der Waals surface area (Å²) in [6.07, 6.45) is 2.02. The second-order valence-electron chi connectivity index (χ2n) is 8.70. The number of hydrogen-bond donors (Lipinski definition) is 1. The number of amides is 3. The molecular weight excluding hydrogens is 416 g/mol. The molecule has 1 N–H and O–H groups in total. The molecule has 2 aliphatic heterocycles. The monoisotopic (exact) mass is 448 g/mol. The Morgan fingerprint density at radius 1 is 1.16 bits per heavy atom. The second-order valence-corrected chi connectivity index (χ2v) is 9.35. The maximum absolute atomic E-state index is 13.6. The Bertz CT molecular complexity index is 793. The summed E-state index contributed by atoms with van der Waals surface area (Å²) in [7, 11) is 0. The highest BCUT2D eigenvalue weighted by Gasteiger charge is 2.54. The smallest absolute Gasteiger partial charge is 0.250 e. The predicted octanol–water partition coefficient (Wildman–Crippen LogP) is 2.44. The number of halogens is 1. The fourth-order valence-electron chi connectivity index (χ4n) is 4.33. The minimum atomic E-state index is -0.745. The van der Waals surface area contributed by atoms with Gasteiger partial charge in [0.1, 0.15) is 17.5 Å². The normalized spacial score (nSPS) is 20.1. The molecule has 3 amide bonds. The highest BCUT2D eigenvalue weighted by molar-refractivity contribution is 6.30. The molecule has 2 aliphatic rings. The molecule has 2 unspecified atom stereocenters. The predicted molar refractivity (Wildman–Crippen MR) is 122 cm³/mol. The van der Waals surface area contributed by atoms with Crippen LogP contribution in [0.5, 0.6) is 0 Å². The zero-order chi connectivity index (χ0) is 22.6. The van der Waals surface area contributed by atoms with E-state index in [1.807, 2.05) is 30.3 Å². The van der Waals surface area contributed by atoms with Crippen LogP contribution >= 0.6 is 11.6 Å². The third-order valence-corrected chi connectivity index (χ3v) is 6.69. The van der Waals surface area contributed by atoms with Crippen LogP contribution in [0.25, 0.3) is 0 Å². The Hall–Kier alpha value is -2.28. The molecule has 0 radical (unpaired) electrons. The van der Waals surface area contributed by atoms with Crippen LogP contribution in [0.3, 0.4) is 0 Å². The van der Waals surface area contributed by atoms with Crippen LogP contribution < -0.4 is 10.2 Å². The van der Waals surface area contributed by atoms with Crippen LogP contribution in [0.4, 0.5) is 5.69 Å². The van der Waals surface area contributed by atoms with Gasteiger partial charge in [0.2, 0.25) is 11.8 Å². The number of nitrogens with one attached hydrogen (secondary N) is 1. The Kier molecular flexibility index (Phi) is 7.46. The highest BCUT2D eigenvalue weighted by Crippen LogP contribution is 2.39. The third-order valence-electron chi connectivity index (χ3n) is 6.50. The van der Waals surface area contributed by atoms with Crippen molar-refractivity contribution in [3.8, 4) is 0 Å². The molecule has 0 aliphatic carbocycles. The standard InChI is InChI=1S/C23H33ClN4O3/c1-4-17(2)14-25-20(29)15-27-16-28(19-8-6-5-7-9-19)23(22(27)31)10-12-26(13-11-23)21(30)18(3)24/h5-9,17-18H,4,10-16H2,1-3H3,(H,25,29). The molecule has 0 aromatic heterocycles. The molecule has 8 heteroatoms. The molecule has 0 saturated carbocycles. The summed E-state index contributed by atoms with van der Waals surface area (Å²) in [6, 6.07) is 9.81. The molecule has 2 heterocycles. The molecule has 0 bridgehead atoms. The molecule has 7 nitrogen and oxygen atoms in total. The first-order valence-corrected chi connectivity index (χ1v) is 11.5. The number of alkyl halides is 1. The fraction of sp³-hybridized carbons (Fsp3) is 0.609. The number of hydrogen-bond acceptors (Lipinski definition) is 4. The molecule has 3 rings (SSSR count). The van der Waals surface area contributed by atoms with Crippen molar-refractivity contribution >= 4 is 35.0 Å². The largest absolute Gasteiger partial charge is 0.354 e. The van der Waals surface area contributed by atoms with E-state index in [1.165, 1.54) is 0 Å². The van der Waals surface area contributed by atoms with Gasteiger partial charge in [-0.3, -0.25) is 14.4 Å². The summed E-state index contributed by atoms with van der Waals surface area (Å²) < 4.78 is 0. The van der Waals surface area contributed by atoms with Gasteiger partial charge in [0, 0.05) is 25.3 Å². The summed E-state index contributed by atoms with van der Waals surface area (Å²) >= 11 is 5.99. The summed E-state index contributed by atoms with van der Waals surface area (Å²) in [6.45, 7) is 7.80. The number of para-hydroxylation sites is 1. The van der Waals surface area contributed by atoms with Crippen LogP contribution in [0.2, 0.25) is 0 Å². The van der Waals surface area contributed by atoms with E-state index in [0.717, 1.165) is 12.1 Å². The maximum Gasteiger partial charge on any atom is 0.250 e. The van der Waals surface area contributed by atoms with Crippen molar-refractivity contribution in [1.29, 1.82) is 0 Å². The number of carbonyl (C=O) groups excluding carboxylic acids is 3. The summed E-state index contributed by atoms with van der Waals surface area (Å²) in [5, 5.41) is 2.36. The van der Waals surface area contributed by atoms with Gasteiger partial charge in [-0.2, -0.15) is 0 Å². The van der Waals surface area contributed by atoms with Crippen molar-refractivity contribution in [1.82, 2.24) is 15.1 Å². The second kappa shape index (κ2) is 9.90. The lowest BCUT2D eigenvalue weighted by atomic mass is 9.85. The number of anilines is 1. The van der Waals surface area contributed by atoms with Crippen molar-refractivity contribution in [2.75, 3.05) is 37.7 Å². The SMILES string of the molecule is CCC(C)CNC(=O)CN1CN(c2ccccc2)C2(CCN(C(=O)C(C)Cl)CC2)C1=O. The van der Waals surface area contributed by atoms with Crippen LogP contribution in [0.15, 0.2) is 30.3 Å².